The van der Waals surface area contributed by atoms with Crippen molar-refractivity contribution in [2.45, 2.75) is 38.5 Å². The Bertz CT molecular complexity index is 346. The number of rotatable bonds is 5. The zero-order valence-corrected chi connectivity index (χ0v) is 12.7. The van der Waals surface area contributed by atoms with E-state index in [9.17, 15) is 0 Å². The normalized spacial score (nSPS) is 13.7. The van der Waals surface area contributed by atoms with Gasteiger partial charge >= 0.3 is 0 Å². The second kappa shape index (κ2) is 6.67. The van der Waals surface area contributed by atoms with Gasteiger partial charge in [-0.25, -0.2) is 0 Å². The lowest BCUT2D eigenvalue weighted by Crippen LogP contribution is -2.25. The predicted octanol–water partition coefficient (Wildman–Crippen LogP) is 4.52. The number of benzene rings is 1. The molecule has 0 saturated heterocycles. The maximum atomic E-state index is 6.26. The van der Waals surface area contributed by atoms with E-state index in [-0.39, 0.29) is 4.75 Å². The van der Waals surface area contributed by atoms with E-state index in [1.807, 2.05) is 30.0 Å². The Hall–Kier alpha value is -0.180. The van der Waals surface area contributed by atoms with Crippen molar-refractivity contribution in [1.82, 2.24) is 5.32 Å². The average Bonchev–Trinajstić information content (AvgIpc) is 2.24. The first-order valence-electron chi connectivity index (χ1n) is 6.06. The fourth-order valence-electron chi connectivity index (χ4n) is 1.60. The van der Waals surface area contributed by atoms with Gasteiger partial charge in [0.25, 0.3) is 0 Å². The molecule has 0 fully saturated rings. The number of thioether (sulfide) groups is 1. The van der Waals surface area contributed by atoms with Crippen molar-refractivity contribution in [3.8, 4) is 0 Å². The third kappa shape index (κ3) is 5.33. The van der Waals surface area contributed by atoms with Gasteiger partial charge in [0.2, 0.25) is 0 Å². The van der Waals surface area contributed by atoms with Gasteiger partial charge in [-0.05, 0) is 18.2 Å². The zero-order chi connectivity index (χ0) is 12.9. The van der Waals surface area contributed by atoms with Crippen LogP contribution in [0.4, 0.5) is 0 Å². The van der Waals surface area contributed by atoms with Gasteiger partial charge in [0, 0.05) is 21.6 Å². The molecule has 0 bridgehead atoms. The van der Waals surface area contributed by atoms with Crippen LogP contribution in [0, 0.1) is 0 Å². The molecule has 0 heterocycles. The number of nitrogens with one attached hydrogen (secondary N) is 1. The van der Waals surface area contributed by atoms with E-state index in [4.69, 9.17) is 11.6 Å². The van der Waals surface area contributed by atoms with Gasteiger partial charge in [-0.3, -0.25) is 0 Å². The van der Waals surface area contributed by atoms with Crippen molar-refractivity contribution >= 4 is 23.4 Å². The molecule has 1 atom stereocenters. The predicted molar refractivity (Wildman–Crippen MR) is 80.1 cm³/mol. The molecule has 0 spiro atoms. The number of halogens is 1. The Morgan fingerprint density at radius 2 is 1.94 bits per heavy atom. The lowest BCUT2D eigenvalue weighted by Gasteiger charge is -2.24. The minimum Gasteiger partial charge on any atom is -0.309 e. The molecule has 1 aromatic carbocycles. The molecule has 1 unspecified atom stereocenters. The van der Waals surface area contributed by atoms with Gasteiger partial charge in [0.05, 0.1) is 0 Å². The second-order valence-electron chi connectivity index (χ2n) is 5.06. The highest BCUT2D eigenvalue weighted by Crippen LogP contribution is 2.31. The number of hydrogen-bond donors (Lipinski definition) is 1. The topological polar surface area (TPSA) is 12.0 Å². The molecule has 1 rings (SSSR count). The minimum absolute atomic E-state index is 0.287. The first kappa shape index (κ1) is 14.9. The van der Waals surface area contributed by atoms with E-state index >= 15 is 0 Å². The molecule has 96 valence electrons. The van der Waals surface area contributed by atoms with Gasteiger partial charge in [0.1, 0.15) is 0 Å². The number of hydrogen-bond acceptors (Lipinski definition) is 2. The summed E-state index contributed by atoms with van der Waals surface area (Å²) in [4.78, 5) is 0. The smallest absolute Gasteiger partial charge is 0.0454 e. The van der Waals surface area contributed by atoms with Crippen LogP contribution in [0.25, 0.3) is 0 Å². The van der Waals surface area contributed by atoms with Crippen LogP contribution in [-0.2, 0) is 0 Å². The molecule has 0 aliphatic carbocycles. The monoisotopic (exact) mass is 271 g/mol. The van der Waals surface area contributed by atoms with Crippen molar-refractivity contribution in [2.75, 3.05) is 12.3 Å². The van der Waals surface area contributed by atoms with Crippen LogP contribution in [0.2, 0.25) is 5.02 Å². The van der Waals surface area contributed by atoms with Gasteiger partial charge in [-0.1, -0.05) is 57.5 Å². The Labute approximate surface area is 114 Å². The summed E-state index contributed by atoms with van der Waals surface area (Å²) in [5.41, 5.74) is 1.20. The maximum absolute atomic E-state index is 6.26. The Kier molecular flexibility index (Phi) is 5.84. The van der Waals surface area contributed by atoms with Crippen LogP contribution in [-0.4, -0.2) is 17.0 Å². The lowest BCUT2D eigenvalue weighted by atomic mass is 10.1. The van der Waals surface area contributed by atoms with Crippen LogP contribution in [0.15, 0.2) is 24.3 Å². The fourth-order valence-corrected chi connectivity index (χ4v) is 2.83. The van der Waals surface area contributed by atoms with Gasteiger partial charge in [-0.15, -0.1) is 0 Å². The van der Waals surface area contributed by atoms with Crippen molar-refractivity contribution in [3.63, 3.8) is 0 Å². The molecule has 0 amide bonds. The highest BCUT2D eigenvalue weighted by Gasteiger charge is 2.18. The molecule has 0 aliphatic heterocycles. The summed E-state index contributed by atoms with van der Waals surface area (Å²) in [5.74, 6) is 1.04. The van der Waals surface area contributed by atoms with E-state index in [1.54, 1.807) is 0 Å². The third-order valence-corrected chi connectivity index (χ3v) is 4.12. The van der Waals surface area contributed by atoms with Crippen LogP contribution in [0.1, 0.15) is 39.3 Å². The van der Waals surface area contributed by atoms with Crippen LogP contribution in [0.3, 0.4) is 0 Å². The van der Waals surface area contributed by atoms with Crippen LogP contribution < -0.4 is 5.32 Å². The van der Waals surface area contributed by atoms with Crippen molar-refractivity contribution < 1.29 is 0 Å². The molecule has 1 N–H and O–H groups in total. The van der Waals surface area contributed by atoms with Crippen molar-refractivity contribution in [3.05, 3.63) is 34.9 Å². The fraction of sp³-hybridized carbons (Fsp3) is 0.571. The lowest BCUT2D eigenvalue weighted by molar-refractivity contribution is 0.603. The molecule has 0 aliphatic rings. The molecule has 1 aromatic rings. The van der Waals surface area contributed by atoms with Crippen molar-refractivity contribution in [2.24, 2.45) is 0 Å². The van der Waals surface area contributed by atoms with Gasteiger partial charge < -0.3 is 5.32 Å². The average molecular weight is 272 g/mol. The summed E-state index contributed by atoms with van der Waals surface area (Å²) < 4.78 is 0.287. The third-order valence-electron chi connectivity index (χ3n) is 2.41. The zero-order valence-electron chi connectivity index (χ0n) is 11.1. The van der Waals surface area contributed by atoms with E-state index < -0.39 is 0 Å². The first-order chi connectivity index (χ1) is 7.94. The summed E-state index contributed by atoms with van der Waals surface area (Å²) in [6.45, 7) is 9.82. The summed E-state index contributed by atoms with van der Waals surface area (Å²) in [7, 11) is 0. The van der Waals surface area contributed by atoms with Crippen LogP contribution in [0.5, 0.6) is 0 Å². The Morgan fingerprint density at radius 3 is 2.47 bits per heavy atom. The van der Waals surface area contributed by atoms with E-state index in [1.165, 1.54) is 5.56 Å². The summed E-state index contributed by atoms with van der Waals surface area (Å²) in [6.07, 6.45) is 0. The maximum Gasteiger partial charge on any atom is 0.0454 e. The van der Waals surface area contributed by atoms with E-state index in [2.05, 4.69) is 39.1 Å². The summed E-state index contributed by atoms with van der Waals surface area (Å²) in [5, 5.41) is 4.36. The van der Waals surface area contributed by atoms with E-state index in [0.29, 0.717) is 6.04 Å². The summed E-state index contributed by atoms with van der Waals surface area (Å²) >= 11 is 8.22. The van der Waals surface area contributed by atoms with Crippen LogP contribution >= 0.6 is 23.4 Å². The standard InChI is InChI=1S/C14H22ClNS/c1-5-16-13(10-17-14(2,3)4)11-8-6-7-9-12(11)15/h6-9,13,16H,5,10H2,1-4H3. The first-order valence-corrected chi connectivity index (χ1v) is 7.42. The molecule has 17 heavy (non-hydrogen) atoms. The molecule has 3 heteroatoms. The Balaban J connectivity index is 2.75. The second-order valence-corrected chi connectivity index (χ2v) is 7.31. The largest absolute Gasteiger partial charge is 0.309 e. The SMILES string of the molecule is CCNC(CSC(C)(C)C)c1ccccc1Cl. The molecule has 0 radical (unpaired) electrons. The van der Waals surface area contributed by atoms with Gasteiger partial charge in [0.15, 0.2) is 0 Å². The molecular formula is C14H22ClNS. The highest BCUT2D eigenvalue weighted by atomic mass is 35.5. The molecule has 0 aromatic heterocycles. The summed E-state index contributed by atoms with van der Waals surface area (Å²) in [6, 6.07) is 8.43. The highest BCUT2D eigenvalue weighted by molar-refractivity contribution is 8.00. The minimum atomic E-state index is 0.287. The molecule has 0 saturated carbocycles. The van der Waals surface area contributed by atoms with Gasteiger partial charge in [-0.2, -0.15) is 11.8 Å². The Morgan fingerprint density at radius 1 is 1.29 bits per heavy atom. The quantitative estimate of drug-likeness (QED) is 0.845. The molecular weight excluding hydrogens is 250 g/mol. The van der Waals surface area contributed by atoms with E-state index in [0.717, 1.165) is 17.3 Å². The molecule has 1 nitrogen and oxygen atoms in total. The van der Waals surface area contributed by atoms with Crippen molar-refractivity contribution in [1.29, 1.82) is 0 Å².